The number of carbonyl (C=O) groups excluding carboxylic acids is 2. The van der Waals surface area contributed by atoms with Crippen LogP contribution in [-0.2, 0) is 9.53 Å². The third kappa shape index (κ3) is 4.01. The number of amides is 1. The summed E-state index contributed by atoms with van der Waals surface area (Å²) in [6.45, 7) is 7.59. The van der Waals surface area contributed by atoms with Crippen LogP contribution in [0.15, 0.2) is 61.1 Å². The number of nitrogens with zero attached hydrogens (tertiary/aromatic N) is 3. The number of esters is 1. The summed E-state index contributed by atoms with van der Waals surface area (Å²) in [5.74, 6) is -0.570. The molecule has 1 saturated heterocycles. The van der Waals surface area contributed by atoms with Gasteiger partial charge >= 0.3 is 5.97 Å². The fourth-order valence-corrected chi connectivity index (χ4v) is 3.63. The van der Waals surface area contributed by atoms with E-state index in [-0.39, 0.29) is 11.8 Å². The van der Waals surface area contributed by atoms with Crippen molar-refractivity contribution in [3.8, 4) is 5.69 Å². The van der Waals surface area contributed by atoms with Crippen molar-refractivity contribution in [3.63, 3.8) is 0 Å². The number of rotatable bonds is 6. The number of para-hydroxylation sites is 1. The molecule has 32 heavy (non-hydrogen) atoms. The summed E-state index contributed by atoms with van der Waals surface area (Å²) in [6, 6.07) is 13.0. The average molecular weight is 434 g/mol. The van der Waals surface area contributed by atoms with Crippen molar-refractivity contribution >= 4 is 11.9 Å². The lowest BCUT2D eigenvalue weighted by Gasteiger charge is -2.26. The van der Waals surface area contributed by atoms with Crippen LogP contribution < -0.4 is 10.6 Å². The van der Waals surface area contributed by atoms with Crippen molar-refractivity contribution in [2.24, 2.45) is 5.92 Å². The molecule has 0 radical (unpaired) electrons. The highest BCUT2D eigenvalue weighted by atomic mass is 16.5. The molecular weight excluding hydrogens is 406 g/mol. The minimum Gasteiger partial charge on any atom is -0.454 e. The van der Waals surface area contributed by atoms with Gasteiger partial charge in [0.15, 0.2) is 0 Å². The molecule has 8 nitrogen and oxygen atoms in total. The molecule has 0 aliphatic carbocycles. The Kier molecular flexibility index (Phi) is 5.80. The van der Waals surface area contributed by atoms with Crippen LogP contribution in [0, 0.1) is 5.92 Å². The molecule has 1 aliphatic rings. The molecule has 0 saturated carbocycles. The van der Waals surface area contributed by atoms with Gasteiger partial charge in [-0.2, -0.15) is 5.10 Å². The van der Waals surface area contributed by atoms with Gasteiger partial charge < -0.3 is 10.1 Å². The van der Waals surface area contributed by atoms with Crippen LogP contribution in [0.25, 0.3) is 5.69 Å². The molecule has 1 fully saturated rings. The summed E-state index contributed by atoms with van der Waals surface area (Å²) in [4.78, 5) is 30.0. The fourth-order valence-electron chi connectivity index (χ4n) is 3.63. The molecule has 3 heterocycles. The first kappa shape index (κ1) is 21.7. The normalized spacial score (nSPS) is 21.4. The summed E-state index contributed by atoms with van der Waals surface area (Å²) >= 11 is 0. The largest absolute Gasteiger partial charge is 0.454 e. The maximum Gasteiger partial charge on any atom is 0.340 e. The Morgan fingerprint density at radius 1 is 1.16 bits per heavy atom. The van der Waals surface area contributed by atoms with Crippen LogP contribution in [0.4, 0.5) is 0 Å². The highest BCUT2D eigenvalue weighted by molar-refractivity contribution is 5.92. The van der Waals surface area contributed by atoms with Crippen LogP contribution in [0.2, 0.25) is 0 Å². The lowest BCUT2D eigenvalue weighted by molar-refractivity contribution is -0.125. The Balaban J connectivity index is 1.52. The minimum absolute atomic E-state index is 0.0628. The molecule has 3 aromatic rings. The van der Waals surface area contributed by atoms with Gasteiger partial charge in [-0.15, -0.1) is 0 Å². The Labute approximate surface area is 187 Å². The molecular formula is C24H27N5O3. The van der Waals surface area contributed by atoms with Crippen LogP contribution in [0.1, 0.15) is 61.6 Å². The topological polar surface area (TPSA) is 98.1 Å². The summed E-state index contributed by atoms with van der Waals surface area (Å²) in [5.41, 5.74) is 1.68. The molecule has 4 rings (SSSR count). The van der Waals surface area contributed by atoms with E-state index < -0.39 is 23.8 Å². The Morgan fingerprint density at radius 3 is 2.59 bits per heavy atom. The monoisotopic (exact) mass is 433 g/mol. The SMILES string of the molecule is CC(OC(=O)c1cccnc1C1NC(=O)C(C)(C(C)C)N1)c1cnn(-c2ccccc2)c1. The van der Waals surface area contributed by atoms with E-state index in [1.807, 2.05) is 57.3 Å². The maximum atomic E-state index is 13.0. The highest BCUT2D eigenvalue weighted by Crippen LogP contribution is 2.29. The third-order valence-electron chi connectivity index (χ3n) is 6.05. The zero-order valence-corrected chi connectivity index (χ0v) is 18.6. The van der Waals surface area contributed by atoms with Crippen LogP contribution in [0.5, 0.6) is 0 Å². The van der Waals surface area contributed by atoms with Gasteiger partial charge in [0, 0.05) is 18.0 Å². The summed E-state index contributed by atoms with van der Waals surface area (Å²) < 4.78 is 7.46. The number of ether oxygens (including phenoxy) is 1. The van der Waals surface area contributed by atoms with E-state index in [0.717, 1.165) is 11.3 Å². The van der Waals surface area contributed by atoms with E-state index in [9.17, 15) is 9.59 Å². The molecule has 166 valence electrons. The van der Waals surface area contributed by atoms with Crippen LogP contribution >= 0.6 is 0 Å². The second kappa shape index (κ2) is 8.55. The molecule has 3 atom stereocenters. The average Bonchev–Trinajstić information content (AvgIpc) is 3.40. The van der Waals surface area contributed by atoms with E-state index in [2.05, 4.69) is 20.7 Å². The van der Waals surface area contributed by atoms with E-state index in [1.165, 1.54) is 0 Å². The summed E-state index contributed by atoms with van der Waals surface area (Å²) in [6.07, 6.45) is 4.03. The van der Waals surface area contributed by atoms with E-state index >= 15 is 0 Å². The Hall–Kier alpha value is -3.52. The van der Waals surface area contributed by atoms with Gasteiger partial charge in [-0.25, -0.2) is 9.48 Å². The number of aromatic nitrogens is 3. The second-order valence-corrected chi connectivity index (χ2v) is 8.45. The maximum absolute atomic E-state index is 13.0. The molecule has 0 spiro atoms. The molecule has 2 aromatic heterocycles. The number of pyridine rings is 1. The van der Waals surface area contributed by atoms with Gasteiger partial charge in [0.25, 0.3) is 0 Å². The van der Waals surface area contributed by atoms with E-state index in [1.54, 1.807) is 36.1 Å². The predicted molar refractivity (Wildman–Crippen MR) is 119 cm³/mol. The van der Waals surface area contributed by atoms with Crippen molar-refractivity contribution < 1.29 is 14.3 Å². The molecule has 1 aliphatic heterocycles. The van der Waals surface area contributed by atoms with Crippen LogP contribution in [-0.4, -0.2) is 32.2 Å². The van der Waals surface area contributed by atoms with Crippen molar-refractivity contribution in [3.05, 3.63) is 77.9 Å². The minimum atomic E-state index is -0.747. The van der Waals surface area contributed by atoms with Gasteiger partial charge in [0.05, 0.1) is 28.7 Å². The number of benzene rings is 1. The van der Waals surface area contributed by atoms with Crippen molar-refractivity contribution in [2.45, 2.75) is 45.5 Å². The standard InChI is InChI=1S/C24H27N5O3/c1-15(2)24(4)23(31)27-21(28-24)20-19(11-8-12-25-20)22(30)32-16(3)17-13-26-29(14-17)18-9-6-5-7-10-18/h5-16,21,28H,1-4H3,(H,27,31). The quantitative estimate of drug-likeness (QED) is 0.579. The van der Waals surface area contributed by atoms with Gasteiger partial charge in [0.2, 0.25) is 5.91 Å². The number of hydrogen-bond acceptors (Lipinski definition) is 6. The second-order valence-electron chi connectivity index (χ2n) is 8.45. The first-order chi connectivity index (χ1) is 15.3. The molecule has 1 amide bonds. The van der Waals surface area contributed by atoms with Gasteiger partial charge in [-0.3, -0.25) is 15.1 Å². The number of hydrogen-bond donors (Lipinski definition) is 2. The van der Waals surface area contributed by atoms with E-state index in [4.69, 9.17) is 4.74 Å². The van der Waals surface area contributed by atoms with Gasteiger partial charge in [-0.1, -0.05) is 32.0 Å². The lowest BCUT2D eigenvalue weighted by atomic mass is 9.89. The summed E-state index contributed by atoms with van der Waals surface area (Å²) in [5, 5.41) is 10.6. The van der Waals surface area contributed by atoms with Gasteiger partial charge in [0.1, 0.15) is 12.3 Å². The molecule has 1 aromatic carbocycles. The van der Waals surface area contributed by atoms with Gasteiger partial charge in [-0.05, 0) is 44.0 Å². The highest BCUT2D eigenvalue weighted by Gasteiger charge is 2.46. The molecule has 3 unspecified atom stereocenters. The number of carbonyl (C=O) groups is 2. The van der Waals surface area contributed by atoms with Crippen molar-refractivity contribution in [1.29, 1.82) is 0 Å². The molecule has 2 N–H and O–H groups in total. The molecule has 0 bridgehead atoms. The smallest absolute Gasteiger partial charge is 0.340 e. The van der Waals surface area contributed by atoms with Crippen molar-refractivity contribution in [2.75, 3.05) is 0 Å². The molecule has 8 heteroatoms. The zero-order chi connectivity index (χ0) is 22.9. The fraction of sp³-hybridized carbons (Fsp3) is 0.333. The zero-order valence-electron chi connectivity index (χ0n) is 18.6. The first-order valence-electron chi connectivity index (χ1n) is 10.6. The third-order valence-corrected chi connectivity index (χ3v) is 6.05. The lowest BCUT2D eigenvalue weighted by Crippen LogP contribution is -2.48. The predicted octanol–water partition coefficient (Wildman–Crippen LogP) is 3.32. The van der Waals surface area contributed by atoms with Crippen LogP contribution in [0.3, 0.4) is 0 Å². The number of nitrogens with one attached hydrogen (secondary N) is 2. The first-order valence-corrected chi connectivity index (χ1v) is 10.6. The van der Waals surface area contributed by atoms with E-state index in [0.29, 0.717) is 11.3 Å². The Bertz CT molecular complexity index is 1130. The van der Waals surface area contributed by atoms with Crippen molar-refractivity contribution in [1.82, 2.24) is 25.4 Å². The summed E-state index contributed by atoms with van der Waals surface area (Å²) in [7, 11) is 0. The Morgan fingerprint density at radius 2 is 1.91 bits per heavy atom.